The molecule has 4 rings (SSSR count). The molecule has 0 radical (unpaired) electrons. The molecule has 0 unspecified atom stereocenters. The molecule has 172 valence electrons. The van der Waals surface area contributed by atoms with Crippen LogP contribution < -0.4 is 5.32 Å². The minimum atomic E-state index is -3.94. The lowest BCUT2D eigenvalue weighted by Gasteiger charge is -2.28. The molecule has 1 atom stereocenters. The Balaban J connectivity index is 1.57. The lowest BCUT2D eigenvalue weighted by Crippen LogP contribution is -2.42. The Morgan fingerprint density at radius 3 is 2.27 bits per heavy atom. The number of halogens is 2. The van der Waals surface area contributed by atoms with Crippen LogP contribution in [-0.2, 0) is 27.8 Å². The number of rotatable bonds is 7. The fourth-order valence-electron chi connectivity index (χ4n) is 4.08. The van der Waals surface area contributed by atoms with Crippen LogP contribution in [0.1, 0.15) is 35.6 Å². The van der Waals surface area contributed by atoms with Gasteiger partial charge in [-0.3, -0.25) is 4.79 Å². The largest absolute Gasteiger partial charge is 0.348 e. The van der Waals surface area contributed by atoms with Gasteiger partial charge in [0.25, 0.3) is 0 Å². The number of amides is 1. The SMILES string of the molecule is O=C(CN(Cc1ccc(Cl)cc1)S(=O)(=O)c1ccc(Cl)cc1)N[C@H]1CCCc2ccccc21. The Hall–Kier alpha value is -2.38. The molecular formula is C25H24Cl2N2O3S. The van der Waals surface area contributed by atoms with Gasteiger partial charge in [0.2, 0.25) is 15.9 Å². The minimum Gasteiger partial charge on any atom is -0.348 e. The lowest BCUT2D eigenvalue weighted by molar-refractivity contribution is -0.122. The van der Waals surface area contributed by atoms with Crippen LogP contribution in [0.3, 0.4) is 0 Å². The molecule has 33 heavy (non-hydrogen) atoms. The summed E-state index contributed by atoms with van der Waals surface area (Å²) in [6, 6.07) is 20.8. The maximum atomic E-state index is 13.4. The summed E-state index contributed by atoms with van der Waals surface area (Å²) >= 11 is 11.9. The van der Waals surface area contributed by atoms with Crippen molar-refractivity contribution >= 4 is 39.1 Å². The van der Waals surface area contributed by atoms with Crippen LogP contribution in [0.2, 0.25) is 10.0 Å². The molecule has 0 saturated carbocycles. The summed E-state index contributed by atoms with van der Waals surface area (Å²) in [6.45, 7) is -0.261. The van der Waals surface area contributed by atoms with Gasteiger partial charge >= 0.3 is 0 Å². The Morgan fingerprint density at radius 1 is 0.939 bits per heavy atom. The van der Waals surface area contributed by atoms with Crippen LogP contribution in [0.4, 0.5) is 0 Å². The Kier molecular flexibility index (Phi) is 7.39. The number of aryl methyl sites for hydroxylation is 1. The van der Waals surface area contributed by atoms with E-state index in [4.69, 9.17) is 23.2 Å². The van der Waals surface area contributed by atoms with Crippen molar-refractivity contribution < 1.29 is 13.2 Å². The van der Waals surface area contributed by atoms with Crippen LogP contribution in [0.25, 0.3) is 0 Å². The summed E-state index contributed by atoms with van der Waals surface area (Å²) in [6.07, 6.45) is 2.78. The van der Waals surface area contributed by atoms with E-state index >= 15 is 0 Å². The van der Waals surface area contributed by atoms with Gasteiger partial charge in [-0.25, -0.2) is 8.42 Å². The monoisotopic (exact) mass is 502 g/mol. The second kappa shape index (κ2) is 10.3. The minimum absolute atomic E-state index is 0.0385. The number of hydrogen-bond acceptors (Lipinski definition) is 3. The van der Waals surface area contributed by atoms with Gasteiger partial charge < -0.3 is 5.32 Å². The third-order valence-corrected chi connectivity index (χ3v) is 8.06. The fourth-order valence-corrected chi connectivity index (χ4v) is 5.72. The van der Waals surface area contributed by atoms with E-state index in [0.717, 1.165) is 30.4 Å². The Bertz CT molecular complexity index is 1230. The van der Waals surface area contributed by atoms with Crippen LogP contribution in [0.5, 0.6) is 0 Å². The molecule has 1 N–H and O–H groups in total. The lowest BCUT2D eigenvalue weighted by atomic mass is 9.88. The smallest absolute Gasteiger partial charge is 0.243 e. The number of carbonyl (C=O) groups excluding carboxylic acids is 1. The van der Waals surface area contributed by atoms with Gasteiger partial charge in [0.15, 0.2) is 0 Å². The van der Waals surface area contributed by atoms with Crippen molar-refractivity contribution in [2.24, 2.45) is 0 Å². The van der Waals surface area contributed by atoms with Crippen LogP contribution in [0.15, 0.2) is 77.7 Å². The van der Waals surface area contributed by atoms with Gasteiger partial charge in [-0.05, 0) is 72.4 Å². The molecular weight excluding hydrogens is 479 g/mol. The Morgan fingerprint density at radius 2 is 1.58 bits per heavy atom. The van der Waals surface area contributed by atoms with Crippen molar-refractivity contribution in [3.63, 3.8) is 0 Å². The van der Waals surface area contributed by atoms with Gasteiger partial charge in [0.1, 0.15) is 0 Å². The number of fused-ring (bicyclic) bond motifs is 1. The third kappa shape index (κ3) is 5.76. The highest BCUT2D eigenvalue weighted by atomic mass is 35.5. The fraction of sp³-hybridized carbons (Fsp3) is 0.240. The van der Waals surface area contributed by atoms with Gasteiger partial charge in [-0.2, -0.15) is 4.31 Å². The van der Waals surface area contributed by atoms with Crippen LogP contribution >= 0.6 is 23.2 Å². The average Bonchev–Trinajstić information content (AvgIpc) is 2.80. The first-order chi connectivity index (χ1) is 15.8. The molecule has 1 amide bonds. The first-order valence-corrected chi connectivity index (χ1v) is 12.9. The summed E-state index contributed by atoms with van der Waals surface area (Å²) in [5.41, 5.74) is 3.05. The van der Waals surface area contributed by atoms with Crippen LogP contribution in [-0.4, -0.2) is 25.2 Å². The van der Waals surface area contributed by atoms with Gasteiger partial charge in [-0.15, -0.1) is 0 Å². The normalized spacial score (nSPS) is 15.8. The van der Waals surface area contributed by atoms with E-state index in [1.54, 1.807) is 24.3 Å². The second-order valence-electron chi connectivity index (χ2n) is 8.06. The number of benzene rings is 3. The van der Waals surface area contributed by atoms with E-state index in [2.05, 4.69) is 11.4 Å². The summed E-state index contributed by atoms with van der Waals surface area (Å²) in [7, 11) is -3.94. The van der Waals surface area contributed by atoms with Gasteiger partial charge in [0, 0.05) is 16.6 Å². The van der Waals surface area contributed by atoms with Crippen molar-refractivity contribution in [2.75, 3.05) is 6.54 Å². The van der Waals surface area contributed by atoms with E-state index in [9.17, 15) is 13.2 Å². The molecule has 0 aromatic heterocycles. The molecule has 3 aromatic carbocycles. The molecule has 0 fully saturated rings. The molecule has 0 aliphatic heterocycles. The van der Waals surface area contributed by atoms with E-state index in [1.165, 1.54) is 34.1 Å². The topological polar surface area (TPSA) is 66.5 Å². The molecule has 3 aromatic rings. The summed E-state index contributed by atoms with van der Waals surface area (Å²) in [5, 5.41) is 4.04. The van der Waals surface area contributed by atoms with Crippen molar-refractivity contribution in [2.45, 2.75) is 36.7 Å². The third-order valence-electron chi connectivity index (χ3n) is 5.75. The van der Waals surface area contributed by atoms with E-state index in [0.29, 0.717) is 10.0 Å². The molecule has 1 aliphatic carbocycles. The predicted octanol–water partition coefficient (Wildman–Crippen LogP) is 5.38. The van der Waals surface area contributed by atoms with Gasteiger partial charge in [0.05, 0.1) is 17.5 Å². The highest BCUT2D eigenvalue weighted by molar-refractivity contribution is 7.89. The van der Waals surface area contributed by atoms with Crippen LogP contribution in [0, 0.1) is 0 Å². The zero-order valence-electron chi connectivity index (χ0n) is 17.9. The maximum absolute atomic E-state index is 13.4. The summed E-state index contributed by atoms with van der Waals surface area (Å²) in [4.78, 5) is 13.1. The number of nitrogens with one attached hydrogen (secondary N) is 1. The number of hydrogen-bond donors (Lipinski definition) is 1. The molecule has 0 heterocycles. The van der Waals surface area contributed by atoms with Crippen molar-refractivity contribution in [3.8, 4) is 0 Å². The van der Waals surface area contributed by atoms with Crippen molar-refractivity contribution in [1.29, 1.82) is 0 Å². The molecule has 0 spiro atoms. The number of nitrogens with zero attached hydrogens (tertiary/aromatic N) is 1. The highest BCUT2D eigenvalue weighted by Crippen LogP contribution is 2.29. The second-order valence-corrected chi connectivity index (χ2v) is 10.9. The zero-order valence-corrected chi connectivity index (χ0v) is 20.2. The van der Waals surface area contributed by atoms with E-state index in [-0.39, 0.29) is 29.9 Å². The average molecular weight is 503 g/mol. The first-order valence-electron chi connectivity index (χ1n) is 10.7. The van der Waals surface area contributed by atoms with Gasteiger partial charge in [-0.1, -0.05) is 59.6 Å². The standard InChI is InChI=1S/C25H24Cl2N2O3S/c26-20-10-8-18(9-11-20)16-29(33(31,32)22-14-12-21(27)13-15-22)17-25(30)28-24-7-3-5-19-4-1-2-6-23(19)24/h1-2,4,6,8-15,24H,3,5,7,16-17H2,(H,28,30)/t24-/m0/s1. The highest BCUT2D eigenvalue weighted by Gasteiger charge is 2.29. The van der Waals surface area contributed by atoms with Crippen molar-refractivity contribution in [1.82, 2.24) is 9.62 Å². The Labute approximate surface area is 204 Å². The van der Waals surface area contributed by atoms with E-state index < -0.39 is 10.0 Å². The quantitative estimate of drug-likeness (QED) is 0.471. The first kappa shape index (κ1) is 23.8. The molecule has 0 bridgehead atoms. The molecule has 8 heteroatoms. The maximum Gasteiger partial charge on any atom is 0.243 e. The predicted molar refractivity (Wildman–Crippen MR) is 131 cm³/mol. The number of sulfonamides is 1. The zero-order chi connectivity index (χ0) is 23.4. The summed E-state index contributed by atoms with van der Waals surface area (Å²) in [5.74, 6) is -0.344. The van der Waals surface area contributed by atoms with E-state index in [1.807, 2.05) is 18.2 Å². The summed E-state index contributed by atoms with van der Waals surface area (Å²) < 4.78 is 28.0. The molecule has 5 nitrogen and oxygen atoms in total. The molecule has 0 saturated heterocycles. The van der Waals surface area contributed by atoms with Crippen molar-refractivity contribution in [3.05, 3.63) is 99.5 Å². The number of carbonyl (C=O) groups is 1. The molecule has 1 aliphatic rings.